The summed E-state index contributed by atoms with van der Waals surface area (Å²) in [5.41, 5.74) is 2.68. The van der Waals surface area contributed by atoms with E-state index >= 15 is 0 Å². The molecule has 0 saturated carbocycles. The highest BCUT2D eigenvalue weighted by atomic mass is 16.1. The van der Waals surface area contributed by atoms with Gasteiger partial charge in [-0.1, -0.05) is 19.4 Å². The number of carbonyl (C=O) groups excluding carboxylic acids is 1. The van der Waals surface area contributed by atoms with Gasteiger partial charge in [0.05, 0.1) is 0 Å². The van der Waals surface area contributed by atoms with Crippen LogP contribution in [0, 0.1) is 6.92 Å². The number of rotatable bonds is 6. The molecule has 0 aliphatic heterocycles. The van der Waals surface area contributed by atoms with Gasteiger partial charge in [0.2, 0.25) is 5.91 Å². The summed E-state index contributed by atoms with van der Waals surface area (Å²) >= 11 is 0. The molecule has 2 aromatic rings. The maximum absolute atomic E-state index is 11.5. The second-order valence-corrected chi connectivity index (χ2v) is 5.41. The van der Waals surface area contributed by atoms with Gasteiger partial charge in [-0.05, 0) is 48.9 Å². The van der Waals surface area contributed by atoms with Crippen LogP contribution in [-0.4, -0.2) is 17.4 Å². The van der Waals surface area contributed by atoms with Crippen LogP contribution in [0.2, 0.25) is 0 Å². The first-order valence-corrected chi connectivity index (χ1v) is 7.49. The molecule has 4 heteroatoms. The second kappa shape index (κ2) is 7.07. The molecule has 4 nitrogen and oxygen atoms in total. The Balaban J connectivity index is 1.98. The number of amides is 1. The van der Waals surface area contributed by atoms with E-state index in [0.717, 1.165) is 35.7 Å². The fourth-order valence-electron chi connectivity index (χ4n) is 2.29. The van der Waals surface area contributed by atoms with Gasteiger partial charge >= 0.3 is 0 Å². The van der Waals surface area contributed by atoms with E-state index in [-0.39, 0.29) is 11.5 Å². The van der Waals surface area contributed by atoms with Crippen LogP contribution in [-0.2, 0) is 11.2 Å². The molecule has 1 aromatic heterocycles. The van der Waals surface area contributed by atoms with E-state index in [2.05, 4.69) is 23.3 Å². The average Bonchev–Trinajstić information content (AvgIpc) is 2.46. The summed E-state index contributed by atoms with van der Waals surface area (Å²) in [4.78, 5) is 25.9. The minimum absolute atomic E-state index is 0.0431. The van der Waals surface area contributed by atoms with Crippen molar-refractivity contribution in [3.05, 3.63) is 45.7 Å². The van der Waals surface area contributed by atoms with Gasteiger partial charge in [0.1, 0.15) is 0 Å². The molecule has 1 heterocycles. The number of carbonyl (C=O) groups is 1. The van der Waals surface area contributed by atoms with E-state index in [1.807, 2.05) is 18.2 Å². The highest BCUT2D eigenvalue weighted by Gasteiger charge is 2.02. The lowest BCUT2D eigenvalue weighted by Crippen LogP contribution is -2.25. The van der Waals surface area contributed by atoms with Crippen LogP contribution >= 0.6 is 0 Å². The zero-order valence-corrected chi connectivity index (χ0v) is 12.7. The molecule has 0 saturated heterocycles. The van der Waals surface area contributed by atoms with Crippen molar-refractivity contribution < 1.29 is 4.79 Å². The number of aromatic amines is 1. The maximum Gasteiger partial charge on any atom is 0.251 e. The summed E-state index contributed by atoms with van der Waals surface area (Å²) in [5, 5.41) is 3.97. The molecule has 112 valence electrons. The molecule has 0 spiro atoms. The van der Waals surface area contributed by atoms with Crippen LogP contribution in [0.1, 0.15) is 37.3 Å². The van der Waals surface area contributed by atoms with E-state index in [1.54, 1.807) is 6.92 Å². The first-order chi connectivity index (χ1) is 10.1. The molecule has 2 N–H and O–H groups in total. The first-order valence-electron chi connectivity index (χ1n) is 7.49. The van der Waals surface area contributed by atoms with Crippen molar-refractivity contribution in [3.63, 3.8) is 0 Å². The van der Waals surface area contributed by atoms with E-state index in [4.69, 9.17) is 0 Å². The smallest absolute Gasteiger partial charge is 0.251 e. The molecule has 1 aromatic carbocycles. The van der Waals surface area contributed by atoms with Crippen LogP contribution < -0.4 is 10.9 Å². The Morgan fingerprint density at radius 3 is 2.86 bits per heavy atom. The standard InChI is InChI=1S/C17H22N2O2/c1-3-4-5-16(20)18-9-8-13-6-7-15-14(11-13)10-12(2)17(21)19-15/h6-7,10-11H,3-5,8-9H2,1-2H3,(H,18,20)(H,19,21). The van der Waals surface area contributed by atoms with Gasteiger partial charge in [-0.2, -0.15) is 0 Å². The third-order valence-corrected chi connectivity index (χ3v) is 3.59. The van der Waals surface area contributed by atoms with E-state index in [0.29, 0.717) is 18.5 Å². The van der Waals surface area contributed by atoms with E-state index in [9.17, 15) is 9.59 Å². The van der Waals surface area contributed by atoms with Crippen LogP contribution in [0.25, 0.3) is 10.9 Å². The van der Waals surface area contributed by atoms with E-state index < -0.39 is 0 Å². The van der Waals surface area contributed by atoms with Crippen LogP contribution in [0.5, 0.6) is 0 Å². The Morgan fingerprint density at radius 1 is 1.29 bits per heavy atom. The normalized spacial score (nSPS) is 10.8. The summed E-state index contributed by atoms with van der Waals surface area (Å²) < 4.78 is 0. The number of pyridine rings is 1. The van der Waals surface area contributed by atoms with Gasteiger partial charge in [0.15, 0.2) is 0 Å². The molecule has 0 unspecified atom stereocenters. The number of benzene rings is 1. The molecule has 21 heavy (non-hydrogen) atoms. The lowest BCUT2D eigenvalue weighted by molar-refractivity contribution is -0.121. The van der Waals surface area contributed by atoms with Crippen LogP contribution in [0.3, 0.4) is 0 Å². The van der Waals surface area contributed by atoms with Gasteiger partial charge in [-0.3, -0.25) is 9.59 Å². The molecule has 0 radical (unpaired) electrons. The van der Waals surface area contributed by atoms with Gasteiger partial charge in [0, 0.05) is 24.0 Å². The summed E-state index contributed by atoms with van der Waals surface area (Å²) in [6, 6.07) is 7.88. The molecule has 0 aliphatic carbocycles. The lowest BCUT2D eigenvalue weighted by atomic mass is 10.1. The minimum Gasteiger partial charge on any atom is -0.356 e. The molecule has 2 rings (SSSR count). The summed E-state index contributed by atoms with van der Waals surface area (Å²) in [7, 11) is 0. The van der Waals surface area contributed by atoms with Gasteiger partial charge < -0.3 is 10.3 Å². The van der Waals surface area contributed by atoms with Crippen molar-refractivity contribution in [2.75, 3.05) is 6.54 Å². The highest BCUT2D eigenvalue weighted by molar-refractivity contribution is 5.79. The Hall–Kier alpha value is -2.10. The number of hydrogen-bond acceptors (Lipinski definition) is 2. The predicted octanol–water partition coefficient (Wildman–Crippen LogP) is 2.69. The molecule has 0 bridgehead atoms. The Bertz CT molecular complexity index is 689. The van der Waals surface area contributed by atoms with Gasteiger partial charge in [0.25, 0.3) is 5.56 Å². The van der Waals surface area contributed by atoms with Crippen molar-refractivity contribution in [1.82, 2.24) is 10.3 Å². The third kappa shape index (κ3) is 4.18. The SMILES string of the molecule is CCCCC(=O)NCCc1ccc2[nH]c(=O)c(C)cc2c1. The number of nitrogens with one attached hydrogen (secondary N) is 2. The predicted molar refractivity (Wildman–Crippen MR) is 85.5 cm³/mol. The first kappa shape index (κ1) is 15.3. The molecule has 0 fully saturated rings. The fourth-order valence-corrected chi connectivity index (χ4v) is 2.29. The number of aromatic nitrogens is 1. The van der Waals surface area contributed by atoms with Crippen molar-refractivity contribution in [3.8, 4) is 0 Å². The number of fused-ring (bicyclic) bond motifs is 1. The molecule has 1 amide bonds. The molecule has 0 aliphatic rings. The van der Waals surface area contributed by atoms with Crippen molar-refractivity contribution in [1.29, 1.82) is 0 Å². The van der Waals surface area contributed by atoms with E-state index in [1.165, 1.54) is 0 Å². The number of unbranched alkanes of at least 4 members (excludes halogenated alkanes) is 1. The van der Waals surface area contributed by atoms with Crippen LogP contribution in [0.15, 0.2) is 29.1 Å². The molecular weight excluding hydrogens is 264 g/mol. The zero-order valence-electron chi connectivity index (χ0n) is 12.7. The summed E-state index contributed by atoms with van der Waals surface area (Å²) in [5.74, 6) is 0.123. The Kier molecular flexibility index (Phi) is 5.14. The number of hydrogen-bond donors (Lipinski definition) is 2. The fraction of sp³-hybridized carbons (Fsp3) is 0.412. The summed E-state index contributed by atoms with van der Waals surface area (Å²) in [6.45, 7) is 4.53. The number of aryl methyl sites for hydroxylation is 1. The number of H-pyrrole nitrogens is 1. The largest absolute Gasteiger partial charge is 0.356 e. The Morgan fingerprint density at radius 2 is 2.10 bits per heavy atom. The molecule has 0 atom stereocenters. The van der Waals surface area contributed by atoms with Gasteiger partial charge in [-0.15, -0.1) is 0 Å². The zero-order chi connectivity index (χ0) is 15.2. The minimum atomic E-state index is -0.0431. The lowest BCUT2D eigenvalue weighted by Gasteiger charge is -2.06. The summed E-state index contributed by atoms with van der Waals surface area (Å²) in [6.07, 6.45) is 3.38. The quantitative estimate of drug-likeness (QED) is 0.857. The topological polar surface area (TPSA) is 62.0 Å². The van der Waals surface area contributed by atoms with Crippen LogP contribution in [0.4, 0.5) is 0 Å². The van der Waals surface area contributed by atoms with Crippen molar-refractivity contribution in [2.24, 2.45) is 0 Å². The Labute approximate surface area is 124 Å². The van der Waals surface area contributed by atoms with Crippen molar-refractivity contribution >= 4 is 16.8 Å². The average molecular weight is 286 g/mol. The second-order valence-electron chi connectivity index (χ2n) is 5.41. The molecular formula is C17H22N2O2. The maximum atomic E-state index is 11.5. The van der Waals surface area contributed by atoms with Gasteiger partial charge in [-0.25, -0.2) is 0 Å². The third-order valence-electron chi connectivity index (χ3n) is 3.59. The monoisotopic (exact) mass is 286 g/mol. The van der Waals surface area contributed by atoms with Crippen molar-refractivity contribution in [2.45, 2.75) is 39.5 Å². The highest BCUT2D eigenvalue weighted by Crippen LogP contribution is 2.13.